The van der Waals surface area contributed by atoms with Gasteiger partial charge in [-0.2, -0.15) is 20.1 Å². The molecule has 0 aliphatic carbocycles. The summed E-state index contributed by atoms with van der Waals surface area (Å²) < 4.78 is 6.31. The van der Waals surface area contributed by atoms with Crippen LogP contribution >= 0.6 is 15.9 Å². The fraction of sp³-hybridized carbons (Fsp3) is 0.200. The Kier molecular flexibility index (Phi) is 6.82. The van der Waals surface area contributed by atoms with E-state index >= 15 is 0 Å². The number of hydrogen-bond donors (Lipinski definition) is 2. The highest BCUT2D eigenvalue weighted by Crippen LogP contribution is 2.22. The fourth-order valence-corrected chi connectivity index (χ4v) is 3.33. The number of benzene rings is 2. The molecule has 1 saturated heterocycles. The molecule has 2 aromatic carbocycles. The van der Waals surface area contributed by atoms with Crippen LogP contribution in [0.25, 0.3) is 0 Å². The first-order valence-electron chi connectivity index (χ1n) is 9.72. The van der Waals surface area contributed by atoms with Gasteiger partial charge >= 0.3 is 0 Å². The molecule has 0 atom stereocenters. The van der Waals surface area contributed by atoms with Crippen molar-refractivity contribution < 1.29 is 9.66 Å². The van der Waals surface area contributed by atoms with Crippen LogP contribution < -0.4 is 15.6 Å². The van der Waals surface area contributed by atoms with E-state index < -0.39 is 4.92 Å². The van der Waals surface area contributed by atoms with E-state index in [1.165, 1.54) is 12.1 Å². The van der Waals surface area contributed by atoms with Crippen LogP contribution in [0.3, 0.4) is 0 Å². The molecule has 4 rings (SSSR count). The minimum atomic E-state index is -0.457. The standard InChI is InChI=1S/C20H19BrN8O3/c21-17-7-2-1-4-14(17)13-22-27-19-24-18(23-15-5-3-6-16(12-15)29(30)31)25-20(26-19)28-8-10-32-11-9-28/h1-7,12-13H,8-11H2,(H2,23,24,25,26,27)/b22-13-. The number of rotatable bonds is 7. The molecular formula is C20H19BrN8O3. The van der Waals surface area contributed by atoms with Crippen molar-refractivity contribution in [2.45, 2.75) is 0 Å². The number of non-ortho nitro benzene ring substituents is 1. The van der Waals surface area contributed by atoms with E-state index in [0.717, 1.165) is 10.0 Å². The molecule has 3 aromatic rings. The zero-order valence-electron chi connectivity index (χ0n) is 16.8. The smallest absolute Gasteiger partial charge is 0.271 e. The molecule has 0 amide bonds. The molecule has 1 fully saturated rings. The van der Waals surface area contributed by atoms with E-state index in [-0.39, 0.29) is 17.6 Å². The van der Waals surface area contributed by atoms with Crippen LogP contribution in [0, 0.1) is 10.1 Å². The SMILES string of the molecule is O=[N+]([O-])c1cccc(Nc2nc(N/N=C\c3ccccc3Br)nc(N3CCOCC3)n2)c1. The summed E-state index contributed by atoms with van der Waals surface area (Å²) in [5, 5.41) is 18.3. The maximum Gasteiger partial charge on any atom is 0.271 e. The van der Waals surface area contributed by atoms with Crippen LogP contribution in [0.4, 0.5) is 29.2 Å². The van der Waals surface area contributed by atoms with Gasteiger partial charge in [0.25, 0.3) is 5.69 Å². The Bertz CT molecular complexity index is 1140. The molecule has 1 aromatic heterocycles. The average molecular weight is 499 g/mol. The van der Waals surface area contributed by atoms with E-state index in [4.69, 9.17) is 4.74 Å². The quantitative estimate of drug-likeness (QED) is 0.285. The monoisotopic (exact) mass is 498 g/mol. The Balaban J connectivity index is 1.59. The molecule has 0 spiro atoms. The van der Waals surface area contributed by atoms with Crippen LogP contribution in [0.5, 0.6) is 0 Å². The number of halogens is 1. The largest absolute Gasteiger partial charge is 0.378 e. The lowest BCUT2D eigenvalue weighted by molar-refractivity contribution is -0.384. The highest BCUT2D eigenvalue weighted by atomic mass is 79.9. The average Bonchev–Trinajstić information content (AvgIpc) is 2.81. The first kappa shape index (κ1) is 21.6. The van der Waals surface area contributed by atoms with Gasteiger partial charge in [0.15, 0.2) is 0 Å². The molecule has 164 valence electrons. The number of ether oxygens (including phenoxy) is 1. The third-order valence-corrected chi connectivity index (χ3v) is 5.23. The van der Waals surface area contributed by atoms with Gasteiger partial charge in [-0.05, 0) is 12.1 Å². The summed E-state index contributed by atoms with van der Waals surface area (Å²) in [4.78, 5) is 25.9. The highest BCUT2D eigenvalue weighted by molar-refractivity contribution is 9.10. The van der Waals surface area contributed by atoms with E-state index in [1.54, 1.807) is 18.3 Å². The minimum absolute atomic E-state index is 0.0335. The van der Waals surface area contributed by atoms with Crippen LogP contribution in [-0.4, -0.2) is 52.4 Å². The van der Waals surface area contributed by atoms with Gasteiger partial charge in [-0.1, -0.05) is 40.2 Å². The van der Waals surface area contributed by atoms with Crippen molar-refractivity contribution in [3.8, 4) is 0 Å². The first-order valence-corrected chi connectivity index (χ1v) is 10.5. The third kappa shape index (κ3) is 5.53. The minimum Gasteiger partial charge on any atom is -0.378 e. The molecule has 0 radical (unpaired) electrons. The molecule has 1 aliphatic heterocycles. The number of hydrogen-bond acceptors (Lipinski definition) is 10. The van der Waals surface area contributed by atoms with Crippen molar-refractivity contribution in [3.63, 3.8) is 0 Å². The summed E-state index contributed by atoms with van der Waals surface area (Å²) in [6, 6.07) is 13.8. The summed E-state index contributed by atoms with van der Waals surface area (Å²) in [6.45, 7) is 2.42. The second kappa shape index (κ2) is 10.1. The van der Waals surface area contributed by atoms with Crippen LogP contribution in [0.2, 0.25) is 0 Å². The Labute approximate surface area is 191 Å². The Morgan fingerprint density at radius 3 is 2.66 bits per heavy atom. The van der Waals surface area contributed by atoms with Gasteiger partial charge in [0.05, 0.1) is 24.4 Å². The van der Waals surface area contributed by atoms with E-state index in [1.807, 2.05) is 29.2 Å². The summed E-state index contributed by atoms with van der Waals surface area (Å²) in [6.07, 6.45) is 1.65. The van der Waals surface area contributed by atoms with Crippen molar-refractivity contribution in [3.05, 3.63) is 68.7 Å². The molecular weight excluding hydrogens is 480 g/mol. The van der Waals surface area contributed by atoms with Crippen LogP contribution in [0.15, 0.2) is 58.1 Å². The Hall–Kier alpha value is -3.64. The van der Waals surface area contributed by atoms with Crippen molar-refractivity contribution >= 4 is 51.4 Å². The van der Waals surface area contributed by atoms with E-state index in [9.17, 15) is 10.1 Å². The number of nitro benzene ring substituents is 1. The Morgan fingerprint density at radius 2 is 1.88 bits per heavy atom. The zero-order valence-corrected chi connectivity index (χ0v) is 18.4. The second-order valence-electron chi connectivity index (χ2n) is 6.71. The number of morpholine rings is 1. The lowest BCUT2D eigenvalue weighted by Gasteiger charge is -2.27. The second-order valence-corrected chi connectivity index (χ2v) is 7.56. The normalized spacial score (nSPS) is 13.8. The van der Waals surface area contributed by atoms with Gasteiger partial charge < -0.3 is 15.0 Å². The van der Waals surface area contributed by atoms with Crippen molar-refractivity contribution in [1.29, 1.82) is 0 Å². The van der Waals surface area contributed by atoms with Crippen LogP contribution in [-0.2, 0) is 4.74 Å². The van der Waals surface area contributed by atoms with Gasteiger partial charge in [0.1, 0.15) is 0 Å². The lowest BCUT2D eigenvalue weighted by atomic mass is 10.2. The zero-order chi connectivity index (χ0) is 22.3. The molecule has 2 N–H and O–H groups in total. The fourth-order valence-electron chi connectivity index (χ4n) is 2.94. The maximum atomic E-state index is 11.1. The molecule has 1 aliphatic rings. The van der Waals surface area contributed by atoms with Crippen molar-refractivity contribution in [1.82, 2.24) is 15.0 Å². The predicted molar refractivity (Wildman–Crippen MR) is 125 cm³/mol. The van der Waals surface area contributed by atoms with Crippen molar-refractivity contribution in [2.75, 3.05) is 41.9 Å². The summed E-state index contributed by atoms with van der Waals surface area (Å²) in [5.41, 5.74) is 4.18. The molecule has 11 nitrogen and oxygen atoms in total. The number of nitrogens with zero attached hydrogens (tertiary/aromatic N) is 6. The number of hydrazone groups is 1. The third-order valence-electron chi connectivity index (χ3n) is 4.50. The van der Waals surface area contributed by atoms with E-state index in [0.29, 0.717) is 37.9 Å². The van der Waals surface area contributed by atoms with E-state index in [2.05, 4.69) is 46.7 Å². The van der Waals surface area contributed by atoms with Crippen molar-refractivity contribution in [2.24, 2.45) is 5.10 Å². The van der Waals surface area contributed by atoms with Gasteiger partial charge in [0, 0.05) is 40.9 Å². The van der Waals surface area contributed by atoms with Gasteiger partial charge in [-0.3, -0.25) is 10.1 Å². The molecule has 32 heavy (non-hydrogen) atoms. The first-order chi connectivity index (χ1) is 15.6. The summed E-state index contributed by atoms with van der Waals surface area (Å²) in [5.74, 6) is 0.924. The summed E-state index contributed by atoms with van der Waals surface area (Å²) in [7, 11) is 0. The number of nitrogens with one attached hydrogen (secondary N) is 2. The van der Waals surface area contributed by atoms with Gasteiger partial charge in [-0.25, -0.2) is 5.43 Å². The highest BCUT2D eigenvalue weighted by Gasteiger charge is 2.17. The lowest BCUT2D eigenvalue weighted by Crippen LogP contribution is -2.37. The molecule has 0 saturated carbocycles. The number of aromatic nitrogens is 3. The molecule has 0 unspecified atom stereocenters. The predicted octanol–water partition coefficient (Wildman–Crippen LogP) is 3.57. The molecule has 2 heterocycles. The van der Waals surface area contributed by atoms with Gasteiger partial charge in [0.2, 0.25) is 17.8 Å². The summed E-state index contributed by atoms with van der Waals surface area (Å²) >= 11 is 3.47. The van der Waals surface area contributed by atoms with Crippen LogP contribution in [0.1, 0.15) is 5.56 Å². The van der Waals surface area contributed by atoms with Gasteiger partial charge in [-0.15, -0.1) is 0 Å². The maximum absolute atomic E-state index is 11.1. The topological polar surface area (TPSA) is 131 Å². The number of nitro groups is 1. The molecule has 12 heteroatoms. The Morgan fingerprint density at radius 1 is 1.09 bits per heavy atom. The molecule has 0 bridgehead atoms. The number of anilines is 4.